The Morgan fingerprint density at radius 2 is 1.96 bits per heavy atom. The van der Waals surface area contributed by atoms with Crippen LogP contribution in [-0.4, -0.2) is 19.2 Å². The number of methoxy groups -OCH3 is 1. The maximum Gasteiger partial charge on any atom is 0.412 e. The highest BCUT2D eigenvalue weighted by atomic mass is 16.6. The minimum atomic E-state index is -0.683. The number of allylic oxidation sites excluding steroid dienone is 3. The van der Waals surface area contributed by atoms with E-state index in [1.54, 1.807) is 6.08 Å². The Morgan fingerprint density at radius 1 is 1.24 bits per heavy atom. The summed E-state index contributed by atoms with van der Waals surface area (Å²) >= 11 is 0. The zero-order chi connectivity index (χ0) is 18.3. The van der Waals surface area contributed by atoms with Crippen LogP contribution < -0.4 is 5.32 Å². The molecule has 1 aliphatic rings. The fourth-order valence-electron chi connectivity index (χ4n) is 2.54. The predicted molar refractivity (Wildman–Crippen MR) is 95.6 cm³/mol. The first-order valence-corrected chi connectivity index (χ1v) is 8.36. The second-order valence-electron chi connectivity index (χ2n) is 6.88. The van der Waals surface area contributed by atoms with Crippen molar-refractivity contribution in [2.24, 2.45) is 5.41 Å². The van der Waals surface area contributed by atoms with Gasteiger partial charge in [-0.3, -0.25) is 5.32 Å². The van der Waals surface area contributed by atoms with Gasteiger partial charge in [0.05, 0.1) is 7.11 Å². The number of ether oxygens (including phenoxy) is 2. The van der Waals surface area contributed by atoms with Crippen molar-refractivity contribution in [2.45, 2.75) is 39.7 Å². The second kappa shape index (κ2) is 8.51. The SMILES string of the molecule is COC(=O)C(=CC1=CCC(C)(C)CC1)NC(=O)OCc1ccccc1. The molecule has 5 heteroatoms. The van der Waals surface area contributed by atoms with Crippen molar-refractivity contribution in [3.63, 3.8) is 0 Å². The van der Waals surface area contributed by atoms with Gasteiger partial charge >= 0.3 is 12.1 Å². The Hall–Kier alpha value is -2.56. The molecule has 0 aromatic heterocycles. The van der Waals surface area contributed by atoms with Crippen molar-refractivity contribution in [1.29, 1.82) is 0 Å². The van der Waals surface area contributed by atoms with Gasteiger partial charge < -0.3 is 9.47 Å². The second-order valence-corrected chi connectivity index (χ2v) is 6.88. The smallest absolute Gasteiger partial charge is 0.412 e. The molecule has 5 nitrogen and oxygen atoms in total. The van der Waals surface area contributed by atoms with Gasteiger partial charge in [0, 0.05) is 0 Å². The molecule has 2 rings (SSSR count). The van der Waals surface area contributed by atoms with Crippen LogP contribution in [0.25, 0.3) is 0 Å². The van der Waals surface area contributed by atoms with Crippen LogP contribution in [0.1, 0.15) is 38.7 Å². The number of benzene rings is 1. The summed E-state index contributed by atoms with van der Waals surface area (Å²) in [5, 5.41) is 2.49. The van der Waals surface area contributed by atoms with Crippen molar-refractivity contribution in [1.82, 2.24) is 5.32 Å². The Bertz CT molecular complexity index is 674. The van der Waals surface area contributed by atoms with E-state index in [4.69, 9.17) is 9.47 Å². The van der Waals surface area contributed by atoms with E-state index < -0.39 is 12.1 Å². The highest BCUT2D eigenvalue weighted by Gasteiger charge is 2.22. The summed E-state index contributed by atoms with van der Waals surface area (Å²) in [6.45, 7) is 4.56. The highest BCUT2D eigenvalue weighted by molar-refractivity contribution is 5.92. The summed E-state index contributed by atoms with van der Waals surface area (Å²) in [4.78, 5) is 23.9. The third-order valence-electron chi connectivity index (χ3n) is 4.19. The lowest BCUT2D eigenvalue weighted by molar-refractivity contribution is -0.136. The molecule has 1 aromatic rings. The van der Waals surface area contributed by atoms with E-state index in [1.165, 1.54) is 7.11 Å². The van der Waals surface area contributed by atoms with Crippen molar-refractivity contribution in [2.75, 3.05) is 7.11 Å². The van der Waals surface area contributed by atoms with Crippen LogP contribution in [0.15, 0.2) is 53.8 Å². The molecule has 0 saturated carbocycles. The lowest BCUT2D eigenvalue weighted by Gasteiger charge is -2.27. The molecule has 0 unspecified atom stereocenters. The minimum Gasteiger partial charge on any atom is -0.464 e. The molecule has 1 amide bonds. The monoisotopic (exact) mass is 343 g/mol. The predicted octanol–water partition coefficient (Wildman–Crippen LogP) is 4.11. The van der Waals surface area contributed by atoms with Gasteiger partial charge in [-0.05, 0) is 41.9 Å². The Kier molecular flexibility index (Phi) is 6.39. The van der Waals surface area contributed by atoms with E-state index >= 15 is 0 Å². The maximum absolute atomic E-state index is 12.0. The average molecular weight is 343 g/mol. The lowest BCUT2D eigenvalue weighted by atomic mass is 9.78. The van der Waals surface area contributed by atoms with E-state index in [-0.39, 0.29) is 17.7 Å². The van der Waals surface area contributed by atoms with Gasteiger partial charge in [-0.15, -0.1) is 0 Å². The lowest BCUT2D eigenvalue weighted by Crippen LogP contribution is -2.29. The maximum atomic E-state index is 12.0. The Morgan fingerprint density at radius 3 is 2.56 bits per heavy atom. The van der Waals surface area contributed by atoms with Gasteiger partial charge in [-0.2, -0.15) is 0 Å². The van der Waals surface area contributed by atoms with Crippen LogP contribution in [0.3, 0.4) is 0 Å². The number of rotatable bonds is 5. The van der Waals surface area contributed by atoms with Gasteiger partial charge in [-0.1, -0.05) is 50.3 Å². The molecule has 1 N–H and O–H groups in total. The first kappa shape index (κ1) is 18.8. The zero-order valence-electron chi connectivity index (χ0n) is 15.0. The molecule has 1 aliphatic carbocycles. The van der Waals surface area contributed by atoms with Gasteiger partial charge in [0.25, 0.3) is 0 Å². The van der Waals surface area contributed by atoms with Crippen LogP contribution in [0.5, 0.6) is 0 Å². The van der Waals surface area contributed by atoms with Crippen LogP contribution >= 0.6 is 0 Å². The minimum absolute atomic E-state index is 0.0894. The van der Waals surface area contributed by atoms with E-state index in [2.05, 4.69) is 25.2 Å². The van der Waals surface area contributed by atoms with Gasteiger partial charge in [0.2, 0.25) is 0 Å². The average Bonchev–Trinajstić information content (AvgIpc) is 2.61. The fraction of sp³-hybridized carbons (Fsp3) is 0.400. The van der Waals surface area contributed by atoms with Crippen LogP contribution in [0.2, 0.25) is 0 Å². The first-order chi connectivity index (χ1) is 11.9. The first-order valence-electron chi connectivity index (χ1n) is 8.36. The summed E-state index contributed by atoms with van der Waals surface area (Å²) in [6.07, 6.45) is 5.91. The summed E-state index contributed by atoms with van der Waals surface area (Å²) in [5.74, 6) is -0.595. The summed E-state index contributed by atoms with van der Waals surface area (Å²) < 4.78 is 9.91. The van der Waals surface area contributed by atoms with Crippen LogP contribution in [0.4, 0.5) is 4.79 Å². The van der Waals surface area contributed by atoms with E-state index in [0.29, 0.717) is 0 Å². The molecule has 0 atom stereocenters. The van der Waals surface area contributed by atoms with E-state index in [1.807, 2.05) is 30.3 Å². The van der Waals surface area contributed by atoms with Crippen molar-refractivity contribution < 1.29 is 19.1 Å². The zero-order valence-corrected chi connectivity index (χ0v) is 15.0. The number of alkyl carbamates (subject to hydrolysis) is 1. The normalized spacial score (nSPS) is 16.6. The van der Waals surface area contributed by atoms with Gasteiger partial charge in [-0.25, -0.2) is 9.59 Å². The van der Waals surface area contributed by atoms with Crippen LogP contribution in [0, 0.1) is 5.41 Å². The summed E-state index contributed by atoms with van der Waals surface area (Å²) in [7, 11) is 1.28. The molecule has 0 saturated heterocycles. The number of carbonyl (C=O) groups excluding carboxylic acids is 2. The number of hydrogen-bond acceptors (Lipinski definition) is 4. The molecule has 0 spiro atoms. The topological polar surface area (TPSA) is 64.6 Å². The number of nitrogens with one attached hydrogen (secondary N) is 1. The van der Waals surface area contributed by atoms with Crippen molar-refractivity contribution in [3.05, 3.63) is 59.3 Å². The van der Waals surface area contributed by atoms with E-state index in [0.717, 1.165) is 30.4 Å². The number of carbonyl (C=O) groups is 2. The molecule has 0 aliphatic heterocycles. The van der Waals surface area contributed by atoms with Gasteiger partial charge in [0.15, 0.2) is 0 Å². The van der Waals surface area contributed by atoms with Crippen molar-refractivity contribution >= 4 is 12.1 Å². The fourth-order valence-corrected chi connectivity index (χ4v) is 2.54. The number of hydrogen-bond donors (Lipinski definition) is 1. The molecule has 1 aromatic carbocycles. The summed E-state index contributed by atoms with van der Waals surface area (Å²) in [5.41, 5.74) is 2.25. The summed E-state index contributed by atoms with van der Waals surface area (Å²) in [6, 6.07) is 9.35. The van der Waals surface area contributed by atoms with Gasteiger partial charge in [0.1, 0.15) is 12.3 Å². The molecular formula is C20H25NO4. The third-order valence-corrected chi connectivity index (χ3v) is 4.19. The number of amides is 1. The molecular weight excluding hydrogens is 318 g/mol. The quantitative estimate of drug-likeness (QED) is 0.645. The molecule has 0 fully saturated rings. The molecule has 134 valence electrons. The highest BCUT2D eigenvalue weighted by Crippen LogP contribution is 2.34. The van der Waals surface area contributed by atoms with Crippen molar-refractivity contribution in [3.8, 4) is 0 Å². The molecule has 0 radical (unpaired) electrons. The standard InChI is InChI=1S/C20H25NO4/c1-20(2)11-9-15(10-12-20)13-17(18(22)24-3)21-19(23)25-14-16-7-5-4-6-8-16/h4-9,13H,10-12,14H2,1-3H3,(H,21,23). The molecule has 25 heavy (non-hydrogen) atoms. The Balaban J connectivity index is 2.00. The van der Waals surface area contributed by atoms with E-state index in [9.17, 15) is 9.59 Å². The largest absolute Gasteiger partial charge is 0.464 e. The number of esters is 1. The Labute approximate surface area is 148 Å². The molecule has 0 bridgehead atoms. The molecule has 0 heterocycles. The third kappa shape index (κ3) is 6.10. The van der Waals surface area contributed by atoms with Crippen LogP contribution in [-0.2, 0) is 20.9 Å².